The van der Waals surface area contributed by atoms with Crippen LogP contribution in [0.1, 0.15) is 12.8 Å². The zero-order valence-electron chi connectivity index (χ0n) is 8.35. The van der Waals surface area contributed by atoms with Crippen LogP contribution in [0.15, 0.2) is 18.5 Å². The lowest BCUT2D eigenvalue weighted by Crippen LogP contribution is -2.29. The number of nitrogens with one attached hydrogen (secondary N) is 1. The Morgan fingerprint density at radius 2 is 2.57 bits per heavy atom. The van der Waals surface area contributed by atoms with Gasteiger partial charge in [-0.05, 0) is 18.9 Å². The largest absolute Gasteiger partial charge is 0.377 e. The van der Waals surface area contributed by atoms with E-state index in [1.54, 1.807) is 6.20 Å². The van der Waals surface area contributed by atoms with Gasteiger partial charge in [0.1, 0.15) is 0 Å². The molecule has 0 radical (unpaired) electrons. The van der Waals surface area contributed by atoms with Crippen LogP contribution < -0.4 is 5.32 Å². The third-order valence-corrected chi connectivity index (χ3v) is 2.47. The minimum absolute atomic E-state index is 0.438. The molecular formula is C10H17N3O. The standard InChI is InChI=1S/C10H17N3O/c1-3-10(14-8-1)9-11-5-7-13-6-2-4-12-13/h2,4,6,10-11H,1,3,5,7-9H2. The van der Waals surface area contributed by atoms with E-state index in [2.05, 4.69) is 10.4 Å². The van der Waals surface area contributed by atoms with E-state index < -0.39 is 0 Å². The lowest BCUT2D eigenvalue weighted by atomic mass is 10.2. The summed E-state index contributed by atoms with van der Waals surface area (Å²) in [6, 6.07) is 1.94. The van der Waals surface area contributed by atoms with Crippen LogP contribution in [0.4, 0.5) is 0 Å². The van der Waals surface area contributed by atoms with Crippen molar-refractivity contribution in [1.29, 1.82) is 0 Å². The highest BCUT2D eigenvalue weighted by atomic mass is 16.5. The summed E-state index contributed by atoms with van der Waals surface area (Å²) in [5, 5.41) is 7.51. The molecule has 1 fully saturated rings. The zero-order valence-corrected chi connectivity index (χ0v) is 8.35. The van der Waals surface area contributed by atoms with Gasteiger partial charge in [0.2, 0.25) is 0 Å². The van der Waals surface area contributed by atoms with E-state index in [1.165, 1.54) is 12.8 Å². The average molecular weight is 195 g/mol. The van der Waals surface area contributed by atoms with Crippen LogP contribution in [0.25, 0.3) is 0 Å². The van der Waals surface area contributed by atoms with E-state index in [1.807, 2.05) is 16.9 Å². The van der Waals surface area contributed by atoms with Gasteiger partial charge in [0.25, 0.3) is 0 Å². The van der Waals surface area contributed by atoms with Gasteiger partial charge < -0.3 is 10.1 Å². The van der Waals surface area contributed by atoms with Gasteiger partial charge in [-0.25, -0.2) is 0 Å². The van der Waals surface area contributed by atoms with Gasteiger partial charge in [0, 0.05) is 32.1 Å². The Balaban J connectivity index is 1.55. The molecule has 1 aromatic heterocycles. The molecule has 1 unspecified atom stereocenters. The number of hydrogen-bond acceptors (Lipinski definition) is 3. The van der Waals surface area contributed by atoms with Crippen LogP contribution in [-0.2, 0) is 11.3 Å². The molecule has 0 amide bonds. The summed E-state index contributed by atoms with van der Waals surface area (Å²) >= 11 is 0. The van der Waals surface area contributed by atoms with Gasteiger partial charge >= 0.3 is 0 Å². The Morgan fingerprint density at radius 1 is 1.57 bits per heavy atom. The van der Waals surface area contributed by atoms with Gasteiger partial charge in [0.15, 0.2) is 0 Å². The first-order valence-electron chi connectivity index (χ1n) is 5.25. The first-order valence-corrected chi connectivity index (χ1v) is 5.25. The first-order chi connectivity index (χ1) is 6.95. The van der Waals surface area contributed by atoms with Crippen molar-refractivity contribution in [2.45, 2.75) is 25.5 Å². The quantitative estimate of drug-likeness (QED) is 0.701. The molecule has 1 aromatic rings. The molecule has 2 rings (SSSR count). The molecule has 2 heterocycles. The summed E-state index contributed by atoms with van der Waals surface area (Å²) in [7, 11) is 0. The maximum atomic E-state index is 5.51. The highest BCUT2D eigenvalue weighted by Gasteiger charge is 2.13. The molecular weight excluding hydrogens is 178 g/mol. The molecule has 1 atom stereocenters. The molecule has 4 nitrogen and oxygen atoms in total. The highest BCUT2D eigenvalue weighted by molar-refractivity contribution is 4.77. The third kappa shape index (κ3) is 2.82. The predicted octanol–water partition coefficient (Wildman–Crippen LogP) is 0.652. The summed E-state index contributed by atoms with van der Waals surface area (Å²) in [4.78, 5) is 0. The van der Waals surface area contributed by atoms with E-state index in [0.29, 0.717) is 6.10 Å². The summed E-state index contributed by atoms with van der Waals surface area (Å²) in [5.74, 6) is 0. The molecule has 14 heavy (non-hydrogen) atoms. The third-order valence-electron chi connectivity index (χ3n) is 2.47. The van der Waals surface area contributed by atoms with Crippen molar-refractivity contribution in [3.8, 4) is 0 Å². The summed E-state index contributed by atoms with van der Waals surface area (Å²) in [6.07, 6.45) is 6.64. The zero-order chi connectivity index (χ0) is 9.64. The maximum Gasteiger partial charge on any atom is 0.0700 e. The van der Waals surface area contributed by atoms with Crippen LogP contribution in [-0.4, -0.2) is 35.6 Å². The van der Waals surface area contributed by atoms with Crippen molar-refractivity contribution in [2.24, 2.45) is 0 Å². The molecule has 0 aliphatic carbocycles. The number of hydrogen-bond donors (Lipinski definition) is 1. The minimum atomic E-state index is 0.438. The molecule has 78 valence electrons. The second-order valence-electron chi connectivity index (χ2n) is 3.61. The fourth-order valence-electron chi connectivity index (χ4n) is 1.69. The van der Waals surface area contributed by atoms with Crippen molar-refractivity contribution in [3.63, 3.8) is 0 Å². The monoisotopic (exact) mass is 195 g/mol. The van der Waals surface area contributed by atoms with Crippen LogP contribution in [0.2, 0.25) is 0 Å². The lowest BCUT2D eigenvalue weighted by molar-refractivity contribution is 0.110. The molecule has 1 aliphatic heterocycles. The number of aromatic nitrogens is 2. The van der Waals surface area contributed by atoms with E-state index in [4.69, 9.17) is 4.74 Å². The summed E-state index contributed by atoms with van der Waals surface area (Å²) < 4.78 is 7.44. The number of rotatable bonds is 5. The molecule has 0 spiro atoms. The Hall–Kier alpha value is -0.870. The fraction of sp³-hybridized carbons (Fsp3) is 0.700. The van der Waals surface area contributed by atoms with Gasteiger partial charge in [-0.1, -0.05) is 0 Å². The average Bonchev–Trinajstić information content (AvgIpc) is 2.86. The molecule has 1 saturated heterocycles. The number of ether oxygens (including phenoxy) is 1. The highest BCUT2D eigenvalue weighted by Crippen LogP contribution is 2.10. The Bertz CT molecular complexity index is 242. The SMILES string of the molecule is c1cnn(CCNCC2CCCO2)c1. The van der Waals surface area contributed by atoms with Crippen molar-refractivity contribution >= 4 is 0 Å². The fourth-order valence-corrected chi connectivity index (χ4v) is 1.69. The topological polar surface area (TPSA) is 39.1 Å². The van der Waals surface area contributed by atoms with E-state index in [0.717, 1.165) is 26.2 Å². The molecule has 1 aliphatic rings. The van der Waals surface area contributed by atoms with Gasteiger partial charge in [-0.15, -0.1) is 0 Å². The van der Waals surface area contributed by atoms with Crippen LogP contribution in [0, 0.1) is 0 Å². The second-order valence-corrected chi connectivity index (χ2v) is 3.61. The van der Waals surface area contributed by atoms with Crippen molar-refractivity contribution < 1.29 is 4.74 Å². The Morgan fingerprint density at radius 3 is 3.29 bits per heavy atom. The van der Waals surface area contributed by atoms with E-state index >= 15 is 0 Å². The Labute approximate surface area is 84.3 Å². The molecule has 1 N–H and O–H groups in total. The maximum absolute atomic E-state index is 5.51. The normalized spacial score (nSPS) is 21.6. The second kappa shape index (κ2) is 5.12. The van der Waals surface area contributed by atoms with Crippen LogP contribution >= 0.6 is 0 Å². The van der Waals surface area contributed by atoms with Crippen molar-refractivity contribution in [1.82, 2.24) is 15.1 Å². The summed E-state index contributed by atoms with van der Waals surface area (Å²) in [5.41, 5.74) is 0. The Kier molecular flexibility index (Phi) is 3.54. The number of nitrogens with zero attached hydrogens (tertiary/aromatic N) is 2. The smallest absolute Gasteiger partial charge is 0.0700 e. The summed E-state index contributed by atoms with van der Waals surface area (Å²) in [6.45, 7) is 3.80. The van der Waals surface area contributed by atoms with Gasteiger partial charge in [-0.2, -0.15) is 5.10 Å². The predicted molar refractivity (Wildman–Crippen MR) is 54.1 cm³/mol. The lowest BCUT2D eigenvalue weighted by Gasteiger charge is -2.10. The van der Waals surface area contributed by atoms with E-state index in [-0.39, 0.29) is 0 Å². The molecule has 4 heteroatoms. The van der Waals surface area contributed by atoms with Crippen molar-refractivity contribution in [2.75, 3.05) is 19.7 Å². The van der Waals surface area contributed by atoms with Crippen molar-refractivity contribution in [3.05, 3.63) is 18.5 Å². The molecule has 0 aromatic carbocycles. The molecule has 0 bridgehead atoms. The van der Waals surface area contributed by atoms with Gasteiger partial charge in [0.05, 0.1) is 12.6 Å². The van der Waals surface area contributed by atoms with E-state index in [9.17, 15) is 0 Å². The van der Waals surface area contributed by atoms with Crippen LogP contribution in [0.5, 0.6) is 0 Å². The van der Waals surface area contributed by atoms with Crippen LogP contribution in [0.3, 0.4) is 0 Å². The minimum Gasteiger partial charge on any atom is -0.377 e. The van der Waals surface area contributed by atoms with Gasteiger partial charge in [-0.3, -0.25) is 4.68 Å². The first kappa shape index (κ1) is 9.68. The molecule has 0 saturated carbocycles.